The van der Waals surface area contributed by atoms with Crippen molar-refractivity contribution in [3.8, 4) is 0 Å². The van der Waals surface area contributed by atoms with Crippen LogP contribution in [0.1, 0.15) is 24.2 Å². The molecule has 3 N–H and O–H groups in total. The van der Waals surface area contributed by atoms with Crippen molar-refractivity contribution in [1.82, 2.24) is 4.72 Å². The van der Waals surface area contributed by atoms with Crippen molar-refractivity contribution >= 4 is 22.0 Å². The first-order valence-electron chi connectivity index (χ1n) is 6.33. The molecular formula is C13H17NO7S. The molecule has 0 aliphatic rings. The lowest BCUT2D eigenvalue weighted by Crippen LogP contribution is -2.46. The molecule has 9 heteroatoms. The van der Waals surface area contributed by atoms with Crippen molar-refractivity contribution in [3.05, 3.63) is 29.8 Å². The Bertz CT molecular complexity index is 667. The summed E-state index contributed by atoms with van der Waals surface area (Å²) < 4.78 is 30.9. The van der Waals surface area contributed by atoms with Gasteiger partial charge in [-0.05, 0) is 32.0 Å². The quantitative estimate of drug-likeness (QED) is 0.598. The normalized spacial score (nSPS) is 14.1. The molecule has 0 heterocycles. The zero-order chi connectivity index (χ0) is 17.0. The summed E-state index contributed by atoms with van der Waals surface area (Å²) in [4.78, 5) is 22.1. The molecule has 1 atom stereocenters. The summed E-state index contributed by atoms with van der Waals surface area (Å²) >= 11 is 0. The first kappa shape index (κ1) is 18.1. The van der Waals surface area contributed by atoms with Crippen LogP contribution in [0.2, 0.25) is 0 Å². The van der Waals surface area contributed by atoms with E-state index in [0.717, 1.165) is 13.0 Å². The monoisotopic (exact) mass is 331 g/mol. The predicted octanol–water partition coefficient (Wildman–Crippen LogP) is -0.0228. The topological polar surface area (TPSA) is 130 Å². The van der Waals surface area contributed by atoms with Gasteiger partial charge in [-0.15, -0.1) is 0 Å². The average Bonchev–Trinajstić information content (AvgIpc) is 2.46. The minimum absolute atomic E-state index is 0.0507. The Morgan fingerprint density at radius 1 is 1.36 bits per heavy atom. The van der Waals surface area contributed by atoms with Crippen LogP contribution in [-0.4, -0.2) is 49.3 Å². The number of aliphatic carboxylic acids is 1. The zero-order valence-corrected chi connectivity index (χ0v) is 12.9. The third-order valence-electron chi connectivity index (χ3n) is 2.72. The van der Waals surface area contributed by atoms with Crippen LogP contribution in [0.5, 0.6) is 0 Å². The molecule has 122 valence electrons. The molecule has 1 aromatic rings. The Kier molecular flexibility index (Phi) is 5.64. The summed E-state index contributed by atoms with van der Waals surface area (Å²) in [6.45, 7) is 2.02. The molecule has 0 bridgehead atoms. The van der Waals surface area contributed by atoms with E-state index >= 15 is 0 Å². The van der Waals surface area contributed by atoms with Crippen LogP contribution in [0, 0.1) is 0 Å². The maximum absolute atomic E-state index is 12.1. The number of ether oxygens (including phenoxy) is 1. The zero-order valence-electron chi connectivity index (χ0n) is 12.1. The molecule has 22 heavy (non-hydrogen) atoms. The number of aliphatic hydroxyl groups is 1. The fourth-order valence-electron chi connectivity index (χ4n) is 1.40. The van der Waals surface area contributed by atoms with Crippen molar-refractivity contribution < 1.29 is 33.0 Å². The first-order chi connectivity index (χ1) is 10.1. The molecule has 0 fully saturated rings. The van der Waals surface area contributed by atoms with Gasteiger partial charge in [0.25, 0.3) is 0 Å². The molecule has 0 spiro atoms. The average molecular weight is 331 g/mol. The van der Waals surface area contributed by atoms with Crippen LogP contribution in [0.4, 0.5) is 0 Å². The highest BCUT2D eigenvalue weighted by atomic mass is 32.2. The van der Waals surface area contributed by atoms with Gasteiger partial charge in [0.15, 0.2) is 5.60 Å². The van der Waals surface area contributed by atoms with E-state index in [4.69, 9.17) is 9.84 Å². The van der Waals surface area contributed by atoms with Crippen LogP contribution in [0.15, 0.2) is 29.2 Å². The van der Waals surface area contributed by atoms with Crippen molar-refractivity contribution in [2.75, 3.05) is 13.2 Å². The van der Waals surface area contributed by atoms with Gasteiger partial charge in [-0.25, -0.2) is 22.7 Å². The second kappa shape index (κ2) is 6.86. The SMILES string of the molecule is CCOC(=O)c1cccc(S(=O)(=O)NCC(C)(O)C(=O)O)c1. The van der Waals surface area contributed by atoms with Gasteiger partial charge >= 0.3 is 11.9 Å². The molecule has 0 aliphatic heterocycles. The Labute approximate surface area is 127 Å². The number of benzene rings is 1. The van der Waals surface area contributed by atoms with E-state index in [1.807, 2.05) is 4.72 Å². The van der Waals surface area contributed by atoms with E-state index in [0.29, 0.717) is 0 Å². The van der Waals surface area contributed by atoms with Crippen LogP contribution in [0.25, 0.3) is 0 Å². The van der Waals surface area contributed by atoms with E-state index in [2.05, 4.69) is 0 Å². The lowest BCUT2D eigenvalue weighted by atomic mass is 10.1. The van der Waals surface area contributed by atoms with Crippen LogP contribution < -0.4 is 4.72 Å². The van der Waals surface area contributed by atoms with Gasteiger partial charge < -0.3 is 14.9 Å². The number of sulfonamides is 1. The van der Waals surface area contributed by atoms with Crippen molar-refractivity contribution in [2.45, 2.75) is 24.3 Å². The molecule has 8 nitrogen and oxygen atoms in total. The molecule has 1 rings (SSSR count). The Balaban J connectivity index is 2.97. The van der Waals surface area contributed by atoms with Gasteiger partial charge in [-0.3, -0.25) is 0 Å². The number of hydrogen-bond donors (Lipinski definition) is 3. The Hall–Kier alpha value is -1.97. The predicted molar refractivity (Wildman–Crippen MR) is 75.8 cm³/mol. The number of hydrogen-bond acceptors (Lipinski definition) is 6. The number of carboxylic acid groups (broad SMARTS) is 1. The summed E-state index contributed by atoms with van der Waals surface area (Å²) in [6, 6.07) is 5.09. The summed E-state index contributed by atoms with van der Waals surface area (Å²) in [5, 5.41) is 18.3. The van der Waals surface area contributed by atoms with E-state index in [1.54, 1.807) is 6.92 Å². The number of carbonyl (C=O) groups is 2. The number of nitrogens with one attached hydrogen (secondary N) is 1. The molecule has 0 amide bonds. The Morgan fingerprint density at radius 3 is 2.55 bits per heavy atom. The largest absolute Gasteiger partial charge is 0.479 e. The number of esters is 1. The van der Waals surface area contributed by atoms with Crippen molar-refractivity contribution in [1.29, 1.82) is 0 Å². The van der Waals surface area contributed by atoms with Gasteiger partial charge in [0.05, 0.1) is 23.6 Å². The number of carboxylic acids is 1. The summed E-state index contributed by atoms with van der Waals surface area (Å²) in [5.74, 6) is -2.23. The lowest BCUT2D eigenvalue weighted by Gasteiger charge is -2.18. The molecular weight excluding hydrogens is 314 g/mol. The lowest BCUT2D eigenvalue weighted by molar-refractivity contribution is -0.155. The second-order valence-corrected chi connectivity index (χ2v) is 6.42. The van der Waals surface area contributed by atoms with E-state index < -0.39 is 34.1 Å². The van der Waals surface area contributed by atoms with Crippen molar-refractivity contribution in [3.63, 3.8) is 0 Å². The van der Waals surface area contributed by atoms with Gasteiger partial charge in [0, 0.05) is 0 Å². The number of rotatable bonds is 7. The molecule has 0 aliphatic carbocycles. The molecule has 0 aromatic heterocycles. The first-order valence-corrected chi connectivity index (χ1v) is 7.81. The van der Waals surface area contributed by atoms with Gasteiger partial charge in [-0.2, -0.15) is 0 Å². The summed E-state index contributed by atoms with van der Waals surface area (Å²) in [5.41, 5.74) is -2.19. The fraction of sp³-hybridized carbons (Fsp3) is 0.385. The minimum atomic E-state index is -4.08. The maximum atomic E-state index is 12.1. The molecule has 0 radical (unpaired) electrons. The molecule has 0 saturated carbocycles. The third kappa shape index (κ3) is 4.52. The summed E-state index contributed by atoms with van der Waals surface area (Å²) in [7, 11) is -4.08. The van der Waals surface area contributed by atoms with Gasteiger partial charge in [-0.1, -0.05) is 6.07 Å². The van der Waals surface area contributed by atoms with Crippen molar-refractivity contribution in [2.24, 2.45) is 0 Å². The highest BCUT2D eigenvalue weighted by molar-refractivity contribution is 7.89. The minimum Gasteiger partial charge on any atom is -0.479 e. The fourth-order valence-corrected chi connectivity index (χ4v) is 2.58. The van der Waals surface area contributed by atoms with Crippen LogP contribution in [-0.2, 0) is 19.6 Å². The molecule has 1 unspecified atom stereocenters. The van der Waals surface area contributed by atoms with Crippen LogP contribution >= 0.6 is 0 Å². The van der Waals surface area contributed by atoms with E-state index in [1.165, 1.54) is 18.2 Å². The molecule has 1 aromatic carbocycles. The highest BCUT2D eigenvalue weighted by Gasteiger charge is 2.31. The number of carbonyl (C=O) groups excluding carboxylic acids is 1. The van der Waals surface area contributed by atoms with E-state index in [-0.39, 0.29) is 17.1 Å². The second-order valence-electron chi connectivity index (χ2n) is 4.65. The van der Waals surface area contributed by atoms with E-state index in [9.17, 15) is 23.1 Å². The van der Waals surface area contributed by atoms with Crippen LogP contribution in [0.3, 0.4) is 0 Å². The van der Waals surface area contributed by atoms with Gasteiger partial charge in [0.2, 0.25) is 10.0 Å². The standard InChI is InChI=1S/C13H17NO7S/c1-3-21-11(15)9-5-4-6-10(7-9)22(19,20)14-8-13(2,18)12(16)17/h4-7,14,18H,3,8H2,1-2H3,(H,16,17). The Morgan fingerprint density at radius 2 is 2.00 bits per heavy atom. The summed E-state index contributed by atoms with van der Waals surface area (Å²) in [6.07, 6.45) is 0. The van der Waals surface area contributed by atoms with Gasteiger partial charge in [0.1, 0.15) is 0 Å². The molecule has 0 saturated heterocycles. The smallest absolute Gasteiger partial charge is 0.338 e. The highest BCUT2D eigenvalue weighted by Crippen LogP contribution is 2.13. The maximum Gasteiger partial charge on any atom is 0.338 e. The third-order valence-corrected chi connectivity index (χ3v) is 4.12.